The summed E-state index contributed by atoms with van der Waals surface area (Å²) in [5, 5.41) is 8.95. The first-order valence-corrected chi connectivity index (χ1v) is 5.60. The number of hydrogen-bond donors (Lipinski definition) is 1. The molecule has 0 aromatic heterocycles. The number of ether oxygens (including phenoxy) is 1. The number of hydrogen-bond acceptors (Lipinski definition) is 2. The molecule has 0 fully saturated rings. The van der Waals surface area contributed by atoms with Gasteiger partial charge in [-0.15, -0.1) is 0 Å². The van der Waals surface area contributed by atoms with Gasteiger partial charge in [-0.25, -0.2) is 4.39 Å². The minimum Gasteiger partial charge on any atom is -0.481 e. The summed E-state index contributed by atoms with van der Waals surface area (Å²) in [6.45, 7) is 0.151. The first-order valence-electron chi connectivity index (χ1n) is 5.22. The van der Waals surface area contributed by atoms with Crippen LogP contribution in [0.2, 0.25) is 5.02 Å². The zero-order valence-corrected chi connectivity index (χ0v) is 10.3. The van der Waals surface area contributed by atoms with E-state index in [4.69, 9.17) is 21.4 Å². The van der Waals surface area contributed by atoms with Crippen LogP contribution in [-0.2, 0) is 22.6 Å². The van der Waals surface area contributed by atoms with E-state index < -0.39 is 5.97 Å². The molecule has 0 aliphatic carbocycles. The Balaban J connectivity index is 2.79. The van der Waals surface area contributed by atoms with E-state index in [-0.39, 0.29) is 18.8 Å². The highest BCUT2D eigenvalue weighted by Crippen LogP contribution is 2.22. The fourth-order valence-corrected chi connectivity index (χ4v) is 1.84. The molecule has 0 spiro atoms. The van der Waals surface area contributed by atoms with E-state index in [0.29, 0.717) is 29.0 Å². The van der Waals surface area contributed by atoms with E-state index in [9.17, 15) is 9.18 Å². The summed E-state index contributed by atoms with van der Waals surface area (Å²) in [5.74, 6) is -1.24. The Morgan fingerprint density at radius 1 is 1.47 bits per heavy atom. The molecule has 3 nitrogen and oxygen atoms in total. The van der Waals surface area contributed by atoms with Gasteiger partial charge in [0.2, 0.25) is 0 Å². The van der Waals surface area contributed by atoms with Gasteiger partial charge >= 0.3 is 5.97 Å². The third kappa shape index (κ3) is 4.32. The summed E-state index contributed by atoms with van der Waals surface area (Å²) in [4.78, 5) is 10.4. The number of aryl methyl sites for hydroxylation is 1. The molecule has 17 heavy (non-hydrogen) atoms. The summed E-state index contributed by atoms with van der Waals surface area (Å²) in [5.41, 5.74) is 0.830. The molecule has 0 amide bonds. The molecule has 1 rings (SSSR count). The molecule has 0 aliphatic rings. The predicted molar refractivity (Wildman–Crippen MR) is 62.7 cm³/mol. The van der Waals surface area contributed by atoms with Gasteiger partial charge in [-0.05, 0) is 30.5 Å². The number of halogens is 2. The molecule has 0 heterocycles. The maximum absolute atomic E-state index is 13.9. The molecule has 0 aliphatic heterocycles. The van der Waals surface area contributed by atoms with Crippen molar-refractivity contribution in [3.05, 3.63) is 34.1 Å². The smallest absolute Gasteiger partial charge is 0.303 e. The van der Waals surface area contributed by atoms with E-state index >= 15 is 0 Å². The van der Waals surface area contributed by atoms with Crippen molar-refractivity contribution < 1.29 is 19.0 Å². The average Bonchev–Trinajstić information content (AvgIpc) is 2.24. The second kappa shape index (κ2) is 6.57. The lowest BCUT2D eigenvalue weighted by molar-refractivity contribution is -0.137. The molecule has 94 valence electrons. The fraction of sp³-hybridized carbons (Fsp3) is 0.417. The second-order valence-corrected chi connectivity index (χ2v) is 4.15. The molecule has 1 N–H and O–H groups in total. The third-order valence-corrected chi connectivity index (χ3v) is 2.54. The minimum absolute atomic E-state index is 0.0194. The first-order chi connectivity index (χ1) is 8.04. The lowest BCUT2D eigenvalue weighted by atomic mass is 10.0. The molecular formula is C12H14ClFO3. The quantitative estimate of drug-likeness (QED) is 0.855. The Hall–Kier alpha value is -1.13. The average molecular weight is 261 g/mol. The van der Waals surface area contributed by atoms with Crippen molar-refractivity contribution in [2.75, 3.05) is 7.11 Å². The number of carboxylic acid groups (broad SMARTS) is 1. The SMILES string of the molecule is COCc1cc(Cl)cc(CCCC(=O)O)c1F. The molecule has 1 aromatic rings. The molecule has 0 bridgehead atoms. The van der Waals surface area contributed by atoms with Gasteiger partial charge in [0.25, 0.3) is 0 Å². The topological polar surface area (TPSA) is 46.5 Å². The summed E-state index contributed by atoms with van der Waals surface area (Å²) < 4.78 is 18.7. The standard InChI is InChI=1S/C12H14ClFO3/c1-17-7-9-6-10(13)5-8(12(9)14)3-2-4-11(15)16/h5-6H,2-4,7H2,1H3,(H,15,16). The van der Waals surface area contributed by atoms with E-state index in [0.717, 1.165) is 0 Å². The van der Waals surface area contributed by atoms with Crippen LogP contribution < -0.4 is 0 Å². The number of methoxy groups -OCH3 is 1. The predicted octanol–water partition coefficient (Wildman–Crippen LogP) is 3.03. The highest BCUT2D eigenvalue weighted by atomic mass is 35.5. The van der Waals surface area contributed by atoms with Crippen LogP contribution >= 0.6 is 11.6 Å². The fourth-order valence-electron chi connectivity index (χ4n) is 1.58. The molecule has 0 radical (unpaired) electrons. The Morgan fingerprint density at radius 2 is 2.12 bits per heavy atom. The van der Waals surface area contributed by atoms with Crippen molar-refractivity contribution in [3.8, 4) is 0 Å². The lowest BCUT2D eigenvalue weighted by Crippen LogP contribution is -2.01. The van der Waals surface area contributed by atoms with E-state index in [1.807, 2.05) is 0 Å². The molecule has 0 atom stereocenters. The number of benzene rings is 1. The first kappa shape index (κ1) is 13.9. The van der Waals surface area contributed by atoms with E-state index in [2.05, 4.69) is 0 Å². The zero-order valence-electron chi connectivity index (χ0n) is 9.50. The van der Waals surface area contributed by atoms with Crippen molar-refractivity contribution in [2.45, 2.75) is 25.9 Å². The third-order valence-electron chi connectivity index (χ3n) is 2.32. The van der Waals surface area contributed by atoms with Crippen molar-refractivity contribution in [1.82, 2.24) is 0 Å². The van der Waals surface area contributed by atoms with Gasteiger partial charge in [-0.1, -0.05) is 11.6 Å². The van der Waals surface area contributed by atoms with Crippen LogP contribution in [-0.4, -0.2) is 18.2 Å². The summed E-state index contributed by atoms with van der Waals surface area (Å²) in [6, 6.07) is 3.04. The van der Waals surface area contributed by atoms with Gasteiger partial charge in [0.15, 0.2) is 0 Å². The molecule has 5 heteroatoms. The number of rotatable bonds is 6. The van der Waals surface area contributed by atoms with E-state index in [1.165, 1.54) is 19.2 Å². The van der Waals surface area contributed by atoms with Gasteiger partial charge in [-0.3, -0.25) is 4.79 Å². The van der Waals surface area contributed by atoms with Crippen molar-refractivity contribution in [2.24, 2.45) is 0 Å². The Kier molecular flexibility index (Phi) is 5.38. The minimum atomic E-state index is -0.885. The monoisotopic (exact) mass is 260 g/mol. The number of aliphatic carboxylic acids is 1. The maximum atomic E-state index is 13.9. The highest BCUT2D eigenvalue weighted by Gasteiger charge is 2.10. The Bertz CT molecular complexity index is 407. The van der Waals surface area contributed by atoms with Gasteiger partial charge in [0, 0.05) is 24.1 Å². The van der Waals surface area contributed by atoms with Crippen LogP contribution in [0.5, 0.6) is 0 Å². The second-order valence-electron chi connectivity index (χ2n) is 3.72. The summed E-state index contributed by atoms with van der Waals surface area (Å²) in [7, 11) is 1.48. The normalized spacial score (nSPS) is 10.5. The van der Waals surface area contributed by atoms with Crippen LogP contribution in [0.15, 0.2) is 12.1 Å². The molecule has 0 saturated heterocycles. The van der Waals surface area contributed by atoms with Gasteiger partial charge in [0.05, 0.1) is 6.61 Å². The highest BCUT2D eigenvalue weighted by molar-refractivity contribution is 6.30. The van der Waals surface area contributed by atoms with Gasteiger partial charge in [-0.2, -0.15) is 0 Å². The number of carboxylic acids is 1. The van der Waals surface area contributed by atoms with Crippen LogP contribution in [0.4, 0.5) is 4.39 Å². The molecule has 0 unspecified atom stereocenters. The largest absolute Gasteiger partial charge is 0.481 e. The van der Waals surface area contributed by atoms with Crippen molar-refractivity contribution >= 4 is 17.6 Å². The van der Waals surface area contributed by atoms with Crippen molar-refractivity contribution in [3.63, 3.8) is 0 Å². The van der Waals surface area contributed by atoms with Crippen molar-refractivity contribution in [1.29, 1.82) is 0 Å². The summed E-state index contributed by atoms with van der Waals surface area (Å²) in [6.07, 6.45) is 0.764. The summed E-state index contributed by atoms with van der Waals surface area (Å²) >= 11 is 5.86. The van der Waals surface area contributed by atoms with Crippen LogP contribution in [0, 0.1) is 5.82 Å². The van der Waals surface area contributed by atoms with Crippen LogP contribution in [0.3, 0.4) is 0 Å². The van der Waals surface area contributed by atoms with Gasteiger partial charge in [0.1, 0.15) is 5.82 Å². The Morgan fingerprint density at radius 3 is 2.71 bits per heavy atom. The number of carbonyl (C=O) groups is 1. The molecule has 0 saturated carbocycles. The van der Waals surface area contributed by atoms with Crippen LogP contribution in [0.1, 0.15) is 24.0 Å². The molecular weight excluding hydrogens is 247 g/mol. The van der Waals surface area contributed by atoms with Crippen LogP contribution in [0.25, 0.3) is 0 Å². The van der Waals surface area contributed by atoms with Gasteiger partial charge < -0.3 is 9.84 Å². The Labute approximate surface area is 104 Å². The lowest BCUT2D eigenvalue weighted by Gasteiger charge is -2.08. The zero-order chi connectivity index (χ0) is 12.8. The molecule has 1 aromatic carbocycles. The maximum Gasteiger partial charge on any atom is 0.303 e. The van der Waals surface area contributed by atoms with E-state index in [1.54, 1.807) is 0 Å².